The van der Waals surface area contributed by atoms with E-state index in [1.54, 1.807) is 0 Å². The maximum atomic E-state index is 5.88. The Bertz CT molecular complexity index is 846. The van der Waals surface area contributed by atoms with Crippen LogP contribution in [-0.4, -0.2) is 55.4 Å². The highest BCUT2D eigenvalue weighted by atomic mass is 16.5. The molecule has 1 saturated heterocycles. The van der Waals surface area contributed by atoms with Gasteiger partial charge in [-0.25, -0.2) is 0 Å². The number of morpholine rings is 1. The Kier molecular flexibility index (Phi) is 7.02. The van der Waals surface area contributed by atoms with Gasteiger partial charge in [-0.1, -0.05) is 13.0 Å². The lowest BCUT2D eigenvalue weighted by molar-refractivity contribution is -0.00570. The third-order valence-electron chi connectivity index (χ3n) is 5.39. The van der Waals surface area contributed by atoms with Gasteiger partial charge in [-0.3, -0.25) is 0 Å². The highest BCUT2D eigenvalue weighted by molar-refractivity contribution is 5.67. The molecule has 7 nitrogen and oxygen atoms in total. The predicted octanol–water partition coefficient (Wildman–Crippen LogP) is 4.42. The van der Waals surface area contributed by atoms with Crippen LogP contribution < -0.4 is 20.4 Å². The van der Waals surface area contributed by atoms with Crippen LogP contribution >= 0.6 is 0 Å². The second-order valence-corrected chi connectivity index (χ2v) is 8.58. The van der Waals surface area contributed by atoms with E-state index in [0.717, 1.165) is 48.5 Å². The molecule has 0 amide bonds. The molecule has 0 radical (unpaired) electrons. The van der Waals surface area contributed by atoms with Gasteiger partial charge in [0.2, 0.25) is 5.95 Å². The second kappa shape index (κ2) is 9.51. The summed E-state index contributed by atoms with van der Waals surface area (Å²) in [6, 6.07) is 8.78. The minimum Gasteiger partial charge on any atom is -0.382 e. The van der Waals surface area contributed by atoms with Crippen molar-refractivity contribution in [2.24, 2.45) is 0 Å². The Balaban J connectivity index is 1.88. The van der Waals surface area contributed by atoms with E-state index < -0.39 is 0 Å². The van der Waals surface area contributed by atoms with Crippen LogP contribution in [0.1, 0.15) is 39.7 Å². The molecular formula is C23H36N6O. The van der Waals surface area contributed by atoms with E-state index in [4.69, 9.17) is 14.7 Å². The first-order valence-electron chi connectivity index (χ1n) is 10.9. The summed E-state index contributed by atoms with van der Waals surface area (Å²) >= 11 is 0. The molecule has 1 aliphatic heterocycles. The number of ether oxygens (including phenoxy) is 1. The fourth-order valence-corrected chi connectivity index (χ4v) is 3.57. The quantitative estimate of drug-likeness (QED) is 0.698. The first-order chi connectivity index (χ1) is 14.2. The van der Waals surface area contributed by atoms with Crippen LogP contribution in [0.4, 0.5) is 29.0 Å². The molecule has 164 valence electrons. The first-order valence-corrected chi connectivity index (χ1v) is 10.9. The first kappa shape index (κ1) is 22.2. The van der Waals surface area contributed by atoms with Crippen molar-refractivity contribution in [3.63, 3.8) is 0 Å². The van der Waals surface area contributed by atoms with Crippen LogP contribution in [0.2, 0.25) is 0 Å². The number of hydrogen-bond donors (Lipinski definition) is 2. The van der Waals surface area contributed by atoms with Crippen LogP contribution in [0.15, 0.2) is 24.3 Å². The van der Waals surface area contributed by atoms with E-state index in [2.05, 4.69) is 68.4 Å². The highest BCUT2D eigenvalue weighted by Gasteiger charge is 2.25. The summed E-state index contributed by atoms with van der Waals surface area (Å²) in [5, 5.41) is 7.07. The van der Waals surface area contributed by atoms with Crippen molar-refractivity contribution in [3.8, 4) is 0 Å². The summed E-state index contributed by atoms with van der Waals surface area (Å²) in [5.41, 5.74) is 3.38. The standard InChI is InChI=1S/C23H36N6O/c1-8-16(3)24-20-11-19(10-9-15(20)2)25-21-12-22(28(6)7)27-23(26-21)29-13-17(4)30-18(5)14-29/h9-12,16-18,24H,8,13-14H2,1-7H3,(H,25,26,27)/t16?,17-,18+. The van der Waals surface area contributed by atoms with Crippen molar-refractivity contribution >= 4 is 29.0 Å². The number of nitrogens with one attached hydrogen (secondary N) is 2. The largest absolute Gasteiger partial charge is 0.382 e. The lowest BCUT2D eigenvalue weighted by atomic mass is 10.1. The van der Waals surface area contributed by atoms with E-state index in [1.807, 2.05) is 25.1 Å². The van der Waals surface area contributed by atoms with E-state index in [1.165, 1.54) is 5.56 Å². The van der Waals surface area contributed by atoms with Crippen molar-refractivity contribution < 1.29 is 4.74 Å². The summed E-state index contributed by atoms with van der Waals surface area (Å²) in [6.07, 6.45) is 1.39. The van der Waals surface area contributed by atoms with Gasteiger partial charge in [0.1, 0.15) is 11.6 Å². The van der Waals surface area contributed by atoms with Crippen LogP contribution in [0.25, 0.3) is 0 Å². The number of benzene rings is 1. The SMILES string of the molecule is CCC(C)Nc1cc(Nc2cc(N(C)C)nc(N3C[C@@H](C)O[C@@H](C)C3)n2)ccc1C. The van der Waals surface area contributed by atoms with Crippen molar-refractivity contribution in [1.82, 2.24) is 9.97 Å². The molecule has 0 saturated carbocycles. The number of aromatic nitrogens is 2. The molecule has 0 aliphatic carbocycles. The van der Waals surface area contributed by atoms with Gasteiger partial charge < -0.3 is 25.2 Å². The van der Waals surface area contributed by atoms with Gasteiger partial charge in [0.15, 0.2) is 0 Å². The van der Waals surface area contributed by atoms with E-state index in [-0.39, 0.29) is 12.2 Å². The molecule has 1 fully saturated rings. The van der Waals surface area contributed by atoms with Gasteiger partial charge in [-0.15, -0.1) is 0 Å². The van der Waals surface area contributed by atoms with Crippen molar-refractivity contribution in [3.05, 3.63) is 29.8 Å². The molecule has 1 aromatic carbocycles. The highest BCUT2D eigenvalue weighted by Crippen LogP contribution is 2.27. The van der Waals surface area contributed by atoms with Gasteiger partial charge in [0.05, 0.1) is 12.2 Å². The van der Waals surface area contributed by atoms with Crippen molar-refractivity contribution in [1.29, 1.82) is 0 Å². The molecule has 1 aromatic heterocycles. The Labute approximate surface area is 180 Å². The molecule has 7 heteroatoms. The third-order valence-corrected chi connectivity index (χ3v) is 5.39. The average Bonchev–Trinajstić information content (AvgIpc) is 2.69. The van der Waals surface area contributed by atoms with E-state index >= 15 is 0 Å². The normalized spacial score (nSPS) is 20.0. The van der Waals surface area contributed by atoms with Gasteiger partial charge in [0.25, 0.3) is 0 Å². The van der Waals surface area contributed by atoms with Crippen molar-refractivity contribution in [2.75, 3.05) is 47.6 Å². The zero-order valence-electron chi connectivity index (χ0n) is 19.4. The number of nitrogens with zero attached hydrogens (tertiary/aromatic N) is 4. The summed E-state index contributed by atoms with van der Waals surface area (Å²) in [6.45, 7) is 12.3. The fraction of sp³-hybridized carbons (Fsp3) is 0.565. The molecule has 2 N–H and O–H groups in total. The Morgan fingerprint density at radius 1 is 1.17 bits per heavy atom. The number of anilines is 5. The molecule has 0 spiro atoms. The molecule has 2 heterocycles. The maximum Gasteiger partial charge on any atom is 0.229 e. The zero-order chi connectivity index (χ0) is 21.8. The van der Waals surface area contributed by atoms with Gasteiger partial charge in [-0.2, -0.15) is 9.97 Å². The molecule has 3 atom stereocenters. The predicted molar refractivity (Wildman–Crippen MR) is 126 cm³/mol. The number of rotatable bonds is 7. The summed E-state index contributed by atoms with van der Waals surface area (Å²) < 4.78 is 5.88. The number of hydrogen-bond acceptors (Lipinski definition) is 7. The monoisotopic (exact) mass is 412 g/mol. The third kappa shape index (κ3) is 5.53. The Hall–Kier alpha value is -2.54. The summed E-state index contributed by atoms with van der Waals surface area (Å²) in [5.74, 6) is 2.39. The molecule has 1 aliphatic rings. The van der Waals surface area contributed by atoms with Gasteiger partial charge in [-0.05, 0) is 51.8 Å². The summed E-state index contributed by atoms with van der Waals surface area (Å²) in [7, 11) is 4.00. The van der Waals surface area contributed by atoms with E-state index in [0.29, 0.717) is 6.04 Å². The minimum absolute atomic E-state index is 0.156. The van der Waals surface area contributed by atoms with Crippen LogP contribution in [0, 0.1) is 6.92 Å². The second-order valence-electron chi connectivity index (χ2n) is 8.58. The molecule has 30 heavy (non-hydrogen) atoms. The maximum absolute atomic E-state index is 5.88. The van der Waals surface area contributed by atoms with Gasteiger partial charge >= 0.3 is 0 Å². The van der Waals surface area contributed by atoms with Crippen molar-refractivity contribution in [2.45, 2.75) is 59.3 Å². The van der Waals surface area contributed by atoms with Crippen LogP contribution in [0.5, 0.6) is 0 Å². The molecule has 2 aromatic rings. The Morgan fingerprint density at radius 3 is 2.50 bits per heavy atom. The van der Waals surface area contributed by atoms with Crippen LogP contribution in [0.3, 0.4) is 0 Å². The smallest absolute Gasteiger partial charge is 0.229 e. The molecular weight excluding hydrogens is 376 g/mol. The lowest BCUT2D eigenvalue weighted by Gasteiger charge is -2.35. The minimum atomic E-state index is 0.156. The van der Waals surface area contributed by atoms with Crippen LogP contribution in [-0.2, 0) is 4.74 Å². The number of aryl methyl sites for hydroxylation is 1. The lowest BCUT2D eigenvalue weighted by Crippen LogP contribution is -2.46. The molecule has 1 unspecified atom stereocenters. The van der Waals surface area contributed by atoms with Gasteiger partial charge in [0, 0.05) is 50.7 Å². The molecule has 3 rings (SSSR count). The fourth-order valence-electron chi connectivity index (χ4n) is 3.57. The van der Waals surface area contributed by atoms with E-state index in [9.17, 15) is 0 Å². The Morgan fingerprint density at radius 2 is 1.87 bits per heavy atom. The topological polar surface area (TPSA) is 65.5 Å². The average molecular weight is 413 g/mol. The summed E-state index contributed by atoms with van der Waals surface area (Å²) in [4.78, 5) is 13.8. The zero-order valence-corrected chi connectivity index (χ0v) is 19.4. The molecule has 0 bridgehead atoms.